The minimum Gasteiger partial charge on any atom is -0.392 e. The number of rotatable bonds is 6. The molecular formula is C10H17N3O2. The summed E-state index contributed by atoms with van der Waals surface area (Å²) in [5.41, 5.74) is 0.719. The van der Waals surface area contributed by atoms with Gasteiger partial charge >= 0.3 is 0 Å². The molecule has 0 saturated carbocycles. The quantitative estimate of drug-likeness (QED) is 0.692. The minimum absolute atomic E-state index is 0.0249. The van der Waals surface area contributed by atoms with E-state index in [1.54, 1.807) is 12.4 Å². The highest BCUT2D eigenvalue weighted by Gasteiger charge is 2.03. The SMILES string of the molecule is CCOCCN(C)c1ncc(CO)cn1. The molecule has 0 bridgehead atoms. The average molecular weight is 211 g/mol. The highest BCUT2D eigenvalue weighted by atomic mass is 16.5. The van der Waals surface area contributed by atoms with E-state index in [4.69, 9.17) is 9.84 Å². The first kappa shape index (κ1) is 11.9. The lowest BCUT2D eigenvalue weighted by molar-refractivity contribution is 0.154. The highest BCUT2D eigenvalue weighted by Crippen LogP contribution is 2.04. The molecule has 0 spiro atoms. The van der Waals surface area contributed by atoms with Gasteiger partial charge in [0.2, 0.25) is 5.95 Å². The van der Waals surface area contributed by atoms with Crippen molar-refractivity contribution in [2.75, 3.05) is 31.7 Å². The van der Waals surface area contributed by atoms with Gasteiger partial charge in [-0.2, -0.15) is 0 Å². The van der Waals surface area contributed by atoms with Crippen LogP contribution in [0.5, 0.6) is 0 Å². The van der Waals surface area contributed by atoms with E-state index in [1.165, 1.54) is 0 Å². The van der Waals surface area contributed by atoms with E-state index in [2.05, 4.69) is 9.97 Å². The Morgan fingerprint density at radius 3 is 2.60 bits per heavy atom. The van der Waals surface area contributed by atoms with E-state index < -0.39 is 0 Å². The molecule has 0 aliphatic rings. The van der Waals surface area contributed by atoms with E-state index in [9.17, 15) is 0 Å². The zero-order valence-electron chi connectivity index (χ0n) is 9.18. The van der Waals surface area contributed by atoms with Crippen LogP contribution in [0.4, 0.5) is 5.95 Å². The van der Waals surface area contributed by atoms with Gasteiger partial charge in [0.15, 0.2) is 0 Å². The molecule has 84 valence electrons. The summed E-state index contributed by atoms with van der Waals surface area (Å²) < 4.78 is 5.23. The largest absolute Gasteiger partial charge is 0.392 e. The summed E-state index contributed by atoms with van der Waals surface area (Å²) in [4.78, 5) is 10.2. The van der Waals surface area contributed by atoms with Crippen molar-refractivity contribution in [1.82, 2.24) is 9.97 Å². The van der Waals surface area contributed by atoms with Crippen molar-refractivity contribution in [1.29, 1.82) is 0 Å². The van der Waals surface area contributed by atoms with E-state index in [0.717, 1.165) is 18.7 Å². The summed E-state index contributed by atoms with van der Waals surface area (Å²) in [6.45, 7) is 4.08. The normalized spacial score (nSPS) is 10.3. The van der Waals surface area contributed by atoms with Crippen molar-refractivity contribution in [3.8, 4) is 0 Å². The average Bonchev–Trinajstić information content (AvgIpc) is 2.29. The molecule has 0 aliphatic carbocycles. The van der Waals surface area contributed by atoms with Gasteiger partial charge in [0.05, 0.1) is 13.2 Å². The summed E-state index contributed by atoms with van der Waals surface area (Å²) in [6, 6.07) is 0. The molecule has 0 saturated heterocycles. The lowest BCUT2D eigenvalue weighted by Crippen LogP contribution is -2.24. The van der Waals surface area contributed by atoms with Gasteiger partial charge in [0, 0.05) is 38.2 Å². The lowest BCUT2D eigenvalue weighted by Gasteiger charge is -2.16. The van der Waals surface area contributed by atoms with Gasteiger partial charge in [0.1, 0.15) is 0 Å². The van der Waals surface area contributed by atoms with Gasteiger partial charge in [0.25, 0.3) is 0 Å². The zero-order valence-corrected chi connectivity index (χ0v) is 9.18. The van der Waals surface area contributed by atoms with Crippen molar-refractivity contribution in [3.05, 3.63) is 18.0 Å². The van der Waals surface area contributed by atoms with E-state index in [1.807, 2.05) is 18.9 Å². The van der Waals surface area contributed by atoms with Crippen LogP contribution in [-0.4, -0.2) is 41.9 Å². The highest BCUT2D eigenvalue weighted by molar-refractivity contribution is 5.27. The Labute approximate surface area is 89.7 Å². The fourth-order valence-corrected chi connectivity index (χ4v) is 1.07. The van der Waals surface area contributed by atoms with Crippen LogP contribution in [0.2, 0.25) is 0 Å². The number of aliphatic hydroxyl groups is 1. The maximum Gasteiger partial charge on any atom is 0.225 e. The number of likely N-dealkylation sites (N-methyl/N-ethyl adjacent to an activating group) is 1. The molecule has 0 atom stereocenters. The molecule has 0 fully saturated rings. The number of anilines is 1. The Morgan fingerprint density at radius 2 is 2.07 bits per heavy atom. The molecule has 5 nitrogen and oxygen atoms in total. The molecule has 1 rings (SSSR count). The van der Waals surface area contributed by atoms with E-state index in [0.29, 0.717) is 12.6 Å². The molecule has 0 unspecified atom stereocenters. The van der Waals surface area contributed by atoms with Crippen LogP contribution in [0.25, 0.3) is 0 Å². The number of nitrogens with zero attached hydrogens (tertiary/aromatic N) is 3. The first-order chi connectivity index (χ1) is 7.27. The molecule has 0 amide bonds. The predicted octanol–water partition coefficient (Wildman–Crippen LogP) is 0.442. The first-order valence-electron chi connectivity index (χ1n) is 4.98. The number of hydrogen-bond acceptors (Lipinski definition) is 5. The van der Waals surface area contributed by atoms with Crippen LogP contribution in [0.15, 0.2) is 12.4 Å². The molecule has 1 aromatic heterocycles. The first-order valence-corrected chi connectivity index (χ1v) is 4.98. The van der Waals surface area contributed by atoms with Crippen LogP contribution in [0.1, 0.15) is 12.5 Å². The number of aliphatic hydroxyl groups excluding tert-OH is 1. The van der Waals surface area contributed by atoms with Crippen LogP contribution in [0.3, 0.4) is 0 Å². The summed E-state index contributed by atoms with van der Waals surface area (Å²) in [5, 5.41) is 8.83. The molecule has 0 radical (unpaired) electrons. The third kappa shape index (κ3) is 3.81. The van der Waals surface area contributed by atoms with E-state index in [-0.39, 0.29) is 6.61 Å². The maximum absolute atomic E-state index is 8.83. The maximum atomic E-state index is 8.83. The van der Waals surface area contributed by atoms with Crippen molar-refractivity contribution in [2.45, 2.75) is 13.5 Å². The van der Waals surface area contributed by atoms with Gasteiger partial charge in [-0.3, -0.25) is 0 Å². The summed E-state index contributed by atoms with van der Waals surface area (Å²) in [5.74, 6) is 0.645. The van der Waals surface area contributed by atoms with Gasteiger partial charge < -0.3 is 14.7 Å². The van der Waals surface area contributed by atoms with Gasteiger partial charge in [-0.15, -0.1) is 0 Å². The predicted molar refractivity (Wildman–Crippen MR) is 57.7 cm³/mol. The third-order valence-corrected chi connectivity index (χ3v) is 1.99. The molecule has 5 heteroatoms. The lowest BCUT2D eigenvalue weighted by atomic mass is 10.4. The molecule has 0 aromatic carbocycles. The molecule has 1 aromatic rings. The number of aromatic nitrogens is 2. The Balaban J connectivity index is 2.46. The number of ether oxygens (including phenoxy) is 1. The summed E-state index contributed by atoms with van der Waals surface area (Å²) in [6.07, 6.45) is 3.25. The zero-order chi connectivity index (χ0) is 11.1. The van der Waals surface area contributed by atoms with Gasteiger partial charge in [-0.05, 0) is 6.92 Å². The van der Waals surface area contributed by atoms with Crippen molar-refractivity contribution in [2.24, 2.45) is 0 Å². The van der Waals surface area contributed by atoms with E-state index >= 15 is 0 Å². The monoisotopic (exact) mass is 211 g/mol. The molecule has 1 N–H and O–H groups in total. The smallest absolute Gasteiger partial charge is 0.225 e. The Morgan fingerprint density at radius 1 is 1.40 bits per heavy atom. The van der Waals surface area contributed by atoms with Crippen molar-refractivity contribution < 1.29 is 9.84 Å². The molecule has 0 aliphatic heterocycles. The van der Waals surface area contributed by atoms with Gasteiger partial charge in [-0.1, -0.05) is 0 Å². The number of hydrogen-bond donors (Lipinski definition) is 1. The van der Waals surface area contributed by atoms with Crippen molar-refractivity contribution in [3.63, 3.8) is 0 Å². The second-order valence-electron chi connectivity index (χ2n) is 3.17. The Hall–Kier alpha value is -1.20. The Kier molecular flexibility index (Phi) is 5.00. The standard InChI is InChI=1S/C10H17N3O2/c1-3-15-5-4-13(2)10-11-6-9(8-14)7-12-10/h6-7,14H,3-5,8H2,1-2H3. The van der Waals surface area contributed by atoms with Crippen LogP contribution in [0, 0.1) is 0 Å². The molecule has 1 heterocycles. The second-order valence-corrected chi connectivity index (χ2v) is 3.17. The summed E-state index contributed by atoms with van der Waals surface area (Å²) >= 11 is 0. The Bertz CT molecular complexity index is 277. The fraction of sp³-hybridized carbons (Fsp3) is 0.600. The van der Waals surface area contributed by atoms with Crippen LogP contribution < -0.4 is 4.90 Å². The topological polar surface area (TPSA) is 58.5 Å². The third-order valence-electron chi connectivity index (χ3n) is 1.99. The molecule has 15 heavy (non-hydrogen) atoms. The second kappa shape index (κ2) is 6.31. The van der Waals surface area contributed by atoms with Crippen LogP contribution in [-0.2, 0) is 11.3 Å². The van der Waals surface area contributed by atoms with Crippen LogP contribution >= 0.6 is 0 Å². The summed E-state index contributed by atoms with van der Waals surface area (Å²) in [7, 11) is 1.91. The van der Waals surface area contributed by atoms with Gasteiger partial charge in [-0.25, -0.2) is 9.97 Å². The van der Waals surface area contributed by atoms with Crippen molar-refractivity contribution >= 4 is 5.95 Å². The minimum atomic E-state index is -0.0249. The molecular weight excluding hydrogens is 194 g/mol. The fourth-order valence-electron chi connectivity index (χ4n) is 1.07.